The van der Waals surface area contributed by atoms with Crippen LogP contribution in [0, 0.1) is 24.4 Å². The second kappa shape index (κ2) is 17.9. The summed E-state index contributed by atoms with van der Waals surface area (Å²) >= 11 is 0. The van der Waals surface area contributed by atoms with Gasteiger partial charge >= 0.3 is 0 Å². The van der Waals surface area contributed by atoms with Crippen molar-refractivity contribution in [1.82, 2.24) is 19.4 Å². The van der Waals surface area contributed by atoms with Crippen molar-refractivity contribution >= 4 is 35.0 Å². The minimum Gasteiger partial charge on any atom is -0.462 e. The molecule has 1 amide bonds. The monoisotopic (exact) mass is 704 g/mol. The summed E-state index contributed by atoms with van der Waals surface area (Å²) in [5, 5.41) is 6.20. The maximum atomic E-state index is 14.9. The number of anilines is 2. The van der Waals surface area contributed by atoms with Crippen LogP contribution in [-0.2, 0) is 9.53 Å². The van der Waals surface area contributed by atoms with E-state index in [0.717, 1.165) is 22.3 Å². The molecule has 2 N–H and O–H groups in total. The summed E-state index contributed by atoms with van der Waals surface area (Å²) in [4.78, 5) is 46.9. The summed E-state index contributed by atoms with van der Waals surface area (Å²) in [7, 11) is 3.80. The lowest BCUT2D eigenvalue weighted by molar-refractivity contribution is -0.138. The van der Waals surface area contributed by atoms with E-state index in [1.807, 2.05) is 60.5 Å². The lowest BCUT2D eigenvalue weighted by Gasteiger charge is -2.17. The Balaban J connectivity index is 0.000000698. The first-order valence-electron chi connectivity index (χ1n) is 16.2. The standard InChI is InChI=1S/C31H27F3N6O2.C5H10O2.C2H6/c1-18-7-8-19(30(42)36-21-11-9-20(32)10-12-21)17-23(18)27-22-13-14-26(41)40(28-24(33)5-4-6-25(28)34)29(22)38-31(37-27)35-15-16-39(2)3;1-5(2,3)7-4-6;1-2/h4-14,17H,15-16H2,1-3H3,(H,36,42)(H,35,37,38);4H,1-3H3;1-2H3. The number of fused-ring (bicyclic) bond motifs is 1. The molecule has 0 aliphatic carbocycles. The summed E-state index contributed by atoms with van der Waals surface area (Å²) in [5.74, 6) is -2.58. The Labute approximate surface area is 295 Å². The predicted octanol–water partition coefficient (Wildman–Crippen LogP) is 7.38. The summed E-state index contributed by atoms with van der Waals surface area (Å²) in [6.07, 6.45) is 0. The molecule has 5 rings (SSSR count). The normalized spacial score (nSPS) is 10.8. The number of hydrogen-bond donors (Lipinski definition) is 2. The Morgan fingerprint density at radius 1 is 0.941 bits per heavy atom. The van der Waals surface area contributed by atoms with Crippen LogP contribution < -0.4 is 16.2 Å². The second-order valence-electron chi connectivity index (χ2n) is 12.3. The predicted molar refractivity (Wildman–Crippen MR) is 195 cm³/mol. The molecule has 0 atom stereocenters. The molecule has 0 saturated carbocycles. The Bertz CT molecular complexity index is 2010. The van der Waals surface area contributed by atoms with Crippen molar-refractivity contribution in [3.8, 4) is 16.9 Å². The number of para-hydroxylation sites is 1. The zero-order valence-corrected chi connectivity index (χ0v) is 30.0. The lowest BCUT2D eigenvalue weighted by atomic mass is 9.99. The largest absolute Gasteiger partial charge is 0.462 e. The quantitative estimate of drug-likeness (QED) is 0.153. The molecule has 270 valence electrons. The highest BCUT2D eigenvalue weighted by Crippen LogP contribution is 2.32. The maximum Gasteiger partial charge on any atom is 0.293 e. The van der Waals surface area contributed by atoms with Crippen molar-refractivity contribution in [3.63, 3.8) is 0 Å². The topological polar surface area (TPSA) is 118 Å². The molecule has 10 nitrogen and oxygen atoms in total. The average molecular weight is 705 g/mol. The number of nitrogens with one attached hydrogen (secondary N) is 2. The fraction of sp³-hybridized carbons (Fsp3) is 0.289. The molecule has 0 unspecified atom stereocenters. The van der Waals surface area contributed by atoms with Gasteiger partial charge in [-0.25, -0.2) is 18.2 Å². The number of nitrogens with zero attached hydrogens (tertiary/aromatic N) is 4. The Kier molecular flexibility index (Phi) is 14.0. The van der Waals surface area contributed by atoms with E-state index in [2.05, 4.69) is 20.4 Å². The van der Waals surface area contributed by atoms with Crippen LogP contribution in [0.25, 0.3) is 28.0 Å². The lowest BCUT2D eigenvalue weighted by Crippen LogP contribution is -2.23. The molecule has 0 aliphatic rings. The number of pyridine rings is 1. The van der Waals surface area contributed by atoms with E-state index < -0.39 is 34.6 Å². The molecule has 0 fully saturated rings. The zero-order chi connectivity index (χ0) is 37.9. The maximum absolute atomic E-state index is 14.9. The van der Waals surface area contributed by atoms with Crippen LogP contribution in [0.1, 0.15) is 50.5 Å². The van der Waals surface area contributed by atoms with Crippen LogP contribution in [0.5, 0.6) is 0 Å². The molecule has 51 heavy (non-hydrogen) atoms. The van der Waals surface area contributed by atoms with E-state index in [1.165, 1.54) is 42.5 Å². The summed E-state index contributed by atoms with van der Waals surface area (Å²) in [5.41, 5.74) is 0.798. The van der Waals surface area contributed by atoms with Crippen LogP contribution >= 0.6 is 0 Å². The van der Waals surface area contributed by atoms with Crippen molar-refractivity contribution in [3.05, 3.63) is 112 Å². The SMILES string of the molecule is CC.CC(C)(C)OC=O.Cc1ccc(C(=O)Nc2ccc(F)cc2)cc1-c1nc(NCCN(C)C)nc2c1ccc(=O)n2-c1c(F)cccc1F. The van der Waals surface area contributed by atoms with Crippen molar-refractivity contribution in [2.45, 2.75) is 47.1 Å². The molecular weight excluding hydrogens is 661 g/mol. The first-order chi connectivity index (χ1) is 24.2. The highest BCUT2D eigenvalue weighted by Gasteiger charge is 2.21. The van der Waals surface area contributed by atoms with E-state index in [-0.39, 0.29) is 17.2 Å². The Morgan fingerprint density at radius 2 is 1.59 bits per heavy atom. The van der Waals surface area contributed by atoms with E-state index >= 15 is 0 Å². The van der Waals surface area contributed by atoms with Gasteiger partial charge in [0.05, 0.1) is 5.69 Å². The van der Waals surface area contributed by atoms with Crippen LogP contribution in [0.4, 0.5) is 24.8 Å². The fourth-order valence-electron chi connectivity index (χ4n) is 4.61. The van der Waals surface area contributed by atoms with Crippen LogP contribution in [-0.4, -0.2) is 64.6 Å². The van der Waals surface area contributed by atoms with Gasteiger partial charge in [-0.2, -0.15) is 4.98 Å². The fourth-order valence-corrected chi connectivity index (χ4v) is 4.61. The minimum absolute atomic E-state index is 0.00980. The summed E-state index contributed by atoms with van der Waals surface area (Å²) in [6, 6.07) is 16.4. The molecule has 2 heterocycles. The number of amides is 1. The van der Waals surface area contributed by atoms with Gasteiger partial charge in [0.2, 0.25) is 5.95 Å². The van der Waals surface area contributed by atoms with Crippen molar-refractivity contribution < 1.29 is 27.5 Å². The number of benzene rings is 3. The van der Waals surface area contributed by atoms with Gasteiger partial charge in [-0.1, -0.05) is 26.0 Å². The molecule has 0 spiro atoms. The minimum atomic E-state index is -0.928. The van der Waals surface area contributed by atoms with E-state index in [9.17, 15) is 27.6 Å². The van der Waals surface area contributed by atoms with Crippen LogP contribution in [0.3, 0.4) is 0 Å². The highest BCUT2D eigenvalue weighted by molar-refractivity contribution is 6.05. The number of hydrogen-bond acceptors (Lipinski definition) is 8. The van der Waals surface area contributed by atoms with Gasteiger partial charge in [0, 0.05) is 41.4 Å². The molecular formula is C38H43F3N6O4. The number of rotatable bonds is 9. The third-order valence-electron chi connectivity index (χ3n) is 7.01. The number of carbonyl (C=O) groups is 2. The van der Waals surface area contributed by atoms with Gasteiger partial charge in [0.1, 0.15) is 28.7 Å². The van der Waals surface area contributed by atoms with Gasteiger partial charge in [0.15, 0.2) is 5.65 Å². The van der Waals surface area contributed by atoms with Crippen LogP contribution in [0.2, 0.25) is 0 Å². The molecule has 0 aliphatic heterocycles. The molecule has 5 aromatic rings. The van der Waals surface area contributed by atoms with Crippen molar-refractivity contribution in [1.29, 1.82) is 0 Å². The first kappa shape index (κ1) is 39.9. The number of halogens is 3. The van der Waals surface area contributed by atoms with Gasteiger partial charge in [-0.15, -0.1) is 0 Å². The third-order valence-corrected chi connectivity index (χ3v) is 7.01. The molecule has 0 saturated heterocycles. The summed E-state index contributed by atoms with van der Waals surface area (Å²) < 4.78 is 48.6. The number of aromatic nitrogens is 3. The molecule has 2 aromatic heterocycles. The van der Waals surface area contributed by atoms with E-state index in [1.54, 1.807) is 18.2 Å². The van der Waals surface area contributed by atoms with Crippen LogP contribution in [0.15, 0.2) is 77.6 Å². The highest BCUT2D eigenvalue weighted by atomic mass is 19.1. The molecule has 0 radical (unpaired) electrons. The van der Waals surface area contributed by atoms with Gasteiger partial charge < -0.3 is 20.3 Å². The smallest absolute Gasteiger partial charge is 0.293 e. The van der Waals surface area contributed by atoms with Gasteiger partial charge in [-0.3, -0.25) is 19.0 Å². The number of aryl methyl sites for hydroxylation is 1. The van der Waals surface area contributed by atoms with E-state index in [4.69, 9.17) is 4.98 Å². The first-order valence-corrected chi connectivity index (χ1v) is 16.2. The average Bonchev–Trinajstić information content (AvgIpc) is 3.07. The van der Waals surface area contributed by atoms with Crippen molar-refractivity contribution in [2.24, 2.45) is 0 Å². The van der Waals surface area contributed by atoms with Gasteiger partial charge in [-0.05, 0) is 102 Å². The number of carbonyl (C=O) groups excluding carboxylic acids is 2. The zero-order valence-electron chi connectivity index (χ0n) is 30.0. The Morgan fingerprint density at radius 3 is 2.16 bits per heavy atom. The van der Waals surface area contributed by atoms with Gasteiger partial charge in [0.25, 0.3) is 17.9 Å². The number of ether oxygens (including phenoxy) is 1. The van der Waals surface area contributed by atoms with E-state index in [0.29, 0.717) is 47.5 Å². The molecule has 0 bridgehead atoms. The summed E-state index contributed by atoms with van der Waals surface area (Å²) in [6.45, 7) is 12.8. The number of likely N-dealkylation sites (N-methyl/N-ethyl adjacent to an activating group) is 1. The third kappa shape index (κ3) is 10.7. The molecule has 3 aromatic carbocycles. The second-order valence-corrected chi connectivity index (χ2v) is 12.3. The Hall–Kier alpha value is -5.56. The molecule has 13 heteroatoms. The van der Waals surface area contributed by atoms with Crippen molar-refractivity contribution in [2.75, 3.05) is 37.8 Å².